The number of nitrogens with two attached hydrogens (primary N) is 1. The summed E-state index contributed by atoms with van der Waals surface area (Å²) in [7, 11) is 0. The quantitative estimate of drug-likeness (QED) is 0.352. The first kappa shape index (κ1) is 21.8. The molecule has 1 atom stereocenters. The Morgan fingerprint density at radius 1 is 0.941 bits per heavy atom. The lowest BCUT2D eigenvalue weighted by atomic mass is 9.81. The van der Waals surface area contributed by atoms with Crippen LogP contribution in [-0.4, -0.2) is 4.98 Å². The molecule has 2 heterocycles. The maximum Gasteiger partial charge on any atom is 0.134 e. The Bertz CT molecular complexity index is 1420. The number of nitrogens with one attached hydrogen (secondary N) is 1. The second kappa shape index (κ2) is 8.74. The number of nitriles is 1. The minimum absolute atomic E-state index is 0.404. The van der Waals surface area contributed by atoms with E-state index in [1.807, 2.05) is 48.5 Å². The van der Waals surface area contributed by atoms with Crippen LogP contribution in [0.5, 0.6) is 0 Å². The van der Waals surface area contributed by atoms with Crippen molar-refractivity contribution in [3.8, 4) is 6.07 Å². The predicted octanol–water partition coefficient (Wildman–Crippen LogP) is 6.77. The van der Waals surface area contributed by atoms with Crippen LogP contribution in [0.3, 0.4) is 0 Å². The van der Waals surface area contributed by atoms with Crippen LogP contribution in [0, 0.1) is 18.3 Å². The van der Waals surface area contributed by atoms with Gasteiger partial charge in [0.25, 0.3) is 0 Å². The van der Waals surface area contributed by atoms with Crippen molar-refractivity contribution in [2.75, 3.05) is 11.1 Å². The minimum atomic E-state index is -0.537. The predicted molar refractivity (Wildman–Crippen MR) is 140 cm³/mol. The van der Waals surface area contributed by atoms with E-state index >= 15 is 0 Å². The van der Waals surface area contributed by atoms with Gasteiger partial charge in [-0.3, -0.25) is 0 Å². The first-order chi connectivity index (χ1) is 16.5. The summed E-state index contributed by atoms with van der Waals surface area (Å²) in [6.45, 7) is 4.18. The third-order valence-electron chi connectivity index (χ3n) is 6.08. The largest absolute Gasteiger partial charge is 0.383 e. The average Bonchev–Trinajstić information content (AvgIpc) is 2.86. The number of hydrogen-bond acceptors (Lipinski definition) is 5. The summed E-state index contributed by atoms with van der Waals surface area (Å²) in [6.07, 6.45) is 2.19. The van der Waals surface area contributed by atoms with Crippen LogP contribution in [0.15, 0.2) is 101 Å². The van der Waals surface area contributed by atoms with Gasteiger partial charge in [0, 0.05) is 10.5 Å². The van der Waals surface area contributed by atoms with Crippen molar-refractivity contribution in [3.05, 3.63) is 119 Å². The molecule has 0 bridgehead atoms. The van der Waals surface area contributed by atoms with Crippen LogP contribution in [-0.2, 0) is 5.54 Å². The van der Waals surface area contributed by atoms with Crippen LogP contribution in [0.2, 0.25) is 0 Å². The number of rotatable bonds is 4. The zero-order valence-electron chi connectivity index (χ0n) is 19.0. The molecule has 1 aliphatic heterocycles. The maximum absolute atomic E-state index is 10.3. The Balaban J connectivity index is 1.73. The summed E-state index contributed by atoms with van der Waals surface area (Å²) in [5.74, 6) is 0.404. The molecule has 3 N–H and O–H groups in total. The van der Waals surface area contributed by atoms with Gasteiger partial charge in [0.1, 0.15) is 22.5 Å². The molecule has 0 saturated carbocycles. The van der Waals surface area contributed by atoms with Gasteiger partial charge in [0.2, 0.25) is 0 Å². The molecule has 0 saturated heterocycles. The van der Waals surface area contributed by atoms with Crippen molar-refractivity contribution in [2.24, 2.45) is 0 Å². The third-order valence-corrected chi connectivity index (χ3v) is 7.08. The Kier molecular flexibility index (Phi) is 5.61. The fraction of sp³-hybridized carbons (Fsp3) is 0.103. The van der Waals surface area contributed by atoms with E-state index in [1.54, 1.807) is 0 Å². The summed E-state index contributed by atoms with van der Waals surface area (Å²) in [6, 6.07) is 31.0. The fourth-order valence-corrected chi connectivity index (χ4v) is 5.21. The number of hydrogen-bond donors (Lipinski definition) is 2. The van der Waals surface area contributed by atoms with Crippen molar-refractivity contribution >= 4 is 28.8 Å². The van der Waals surface area contributed by atoms with Crippen molar-refractivity contribution in [2.45, 2.75) is 29.3 Å². The van der Waals surface area contributed by atoms with E-state index in [0.717, 1.165) is 32.8 Å². The van der Waals surface area contributed by atoms with Gasteiger partial charge in [-0.2, -0.15) is 5.26 Å². The second-order valence-corrected chi connectivity index (χ2v) is 9.63. The lowest BCUT2D eigenvalue weighted by Crippen LogP contribution is -2.34. The number of pyridine rings is 1. The molecular formula is C29H24N4S. The van der Waals surface area contributed by atoms with Crippen molar-refractivity contribution in [1.82, 2.24) is 4.98 Å². The van der Waals surface area contributed by atoms with Gasteiger partial charge < -0.3 is 11.1 Å². The fourth-order valence-electron chi connectivity index (χ4n) is 4.32. The van der Waals surface area contributed by atoms with Crippen LogP contribution in [0.4, 0.5) is 11.5 Å². The normalized spacial score (nSPS) is 16.7. The zero-order chi connectivity index (χ0) is 23.7. The van der Waals surface area contributed by atoms with Crippen molar-refractivity contribution in [3.63, 3.8) is 0 Å². The van der Waals surface area contributed by atoms with E-state index in [9.17, 15) is 5.26 Å². The number of aryl methyl sites for hydroxylation is 1. The van der Waals surface area contributed by atoms with Crippen LogP contribution in [0.1, 0.15) is 34.7 Å². The zero-order valence-corrected chi connectivity index (χ0v) is 19.9. The Labute approximate surface area is 204 Å². The molecule has 34 heavy (non-hydrogen) atoms. The van der Waals surface area contributed by atoms with Gasteiger partial charge in [-0.15, -0.1) is 0 Å². The number of fused-ring (bicyclic) bond motifs is 1. The number of anilines is 2. The number of nitrogen functional groups attached to an aromatic ring is 1. The van der Waals surface area contributed by atoms with Gasteiger partial charge >= 0.3 is 0 Å². The topological polar surface area (TPSA) is 74.7 Å². The minimum Gasteiger partial charge on any atom is -0.383 e. The van der Waals surface area contributed by atoms with E-state index in [0.29, 0.717) is 16.4 Å². The van der Waals surface area contributed by atoms with E-state index in [2.05, 4.69) is 67.7 Å². The summed E-state index contributed by atoms with van der Waals surface area (Å²) in [5.41, 5.74) is 12.3. The molecule has 166 valence electrons. The molecule has 1 aliphatic rings. The number of benzene rings is 3. The average molecular weight is 461 g/mol. The molecule has 0 amide bonds. The molecule has 5 heteroatoms. The van der Waals surface area contributed by atoms with E-state index in [1.165, 1.54) is 17.3 Å². The highest BCUT2D eigenvalue weighted by atomic mass is 32.2. The molecule has 4 nitrogen and oxygen atoms in total. The van der Waals surface area contributed by atoms with Crippen LogP contribution >= 0.6 is 11.8 Å². The molecule has 1 aromatic heterocycles. The summed E-state index contributed by atoms with van der Waals surface area (Å²) in [5, 5.41) is 14.5. The monoisotopic (exact) mass is 460 g/mol. The molecule has 0 spiro atoms. The molecule has 3 aromatic carbocycles. The molecule has 0 aliphatic carbocycles. The Morgan fingerprint density at radius 2 is 1.59 bits per heavy atom. The lowest BCUT2D eigenvalue weighted by molar-refractivity contribution is 0.683. The van der Waals surface area contributed by atoms with Gasteiger partial charge in [-0.25, -0.2) is 4.98 Å². The smallest absolute Gasteiger partial charge is 0.134 e. The number of nitrogens with zero attached hydrogens (tertiary/aromatic N) is 2. The SMILES string of the molecule is Cc1ccc(Sc2nc(N)c3c(c2C#N)NC(C)(c2ccccc2)C=C3c2ccccc2)cc1. The molecular weight excluding hydrogens is 436 g/mol. The Morgan fingerprint density at radius 3 is 2.24 bits per heavy atom. The first-order valence-corrected chi connectivity index (χ1v) is 11.9. The molecule has 0 fully saturated rings. The van der Waals surface area contributed by atoms with Gasteiger partial charge in [-0.1, -0.05) is 90.1 Å². The highest BCUT2D eigenvalue weighted by Crippen LogP contribution is 2.47. The van der Waals surface area contributed by atoms with Crippen LogP contribution in [0.25, 0.3) is 5.57 Å². The summed E-state index contributed by atoms with van der Waals surface area (Å²) >= 11 is 1.45. The summed E-state index contributed by atoms with van der Waals surface area (Å²) < 4.78 is 0. The number of aromatic nitrogens is 1. The van der Waals surface area contributed by atoms with Gasteiger partial charge in [0.15, 0.2) is 0 Å². The highest BCUT2D eigenvalue weighted by molar-refractivity contribution is 7.99. The molecule has 0 radical (unpaired) electrons. The third kappa shape index (κ3) is 3.93. The second-order valence-electron chi connectivity index (χ2n) is 8.57. The van der Waals surface area contributed by atoms with Crippen molar-refractivity contribution < 1.29 is 0 Å². The molecule has 1 unspecified atom stereocenters. The standard InChI is InChI=1S/C29H24N4S/c1-19-13-15-22(16-14-19)34-28-24(18-30)26-25(27(31)32-28)23(20-9-5-3-6-10-20)17-29(2,33-26)21-11-7-4-8-12-21/h3-17,33H,1-2H3,(H2,31,32). The molecule has 5 rings (SSSR count). The van der Waals surface area contributed by atoms with Gasteiger partial charge in [0.05, 0.1) is 11.2 Å². The van der Waals surface area contributed by atoms with E-state index < -0.39 is 5.54 Å². The maximum atomic E-state index is 10.3. The molecule has 4 aromatic rings. The van der Waals surface area contributed by atoms with Crippen LogP contribution < -0.4 is 11.1 Å². The van der Waals surface area contributed by atoms with E-state index in [4.69, 9.17) is 10.7 Å². The lowest BCUT2D eigenvalue weighted by Gasteiger charge is -2.37. The summed E-state index contributed by atoms with van der Waals surface area (Å²) in [4.78, 5) is 5.72. The van der Waals surface area contributed by atoms with E-state index in [-0.39, 0.29) is 0 Å². The Hall–Kier alpha value is -4.01. The highest BCUT2D eigenvalue weighted by Gasteiger charge is 2.35. The van der Waals surface area contributed by atoms with Gasteiger partial charge in [-0.05, 0) is 48.8 Å². The van der Waals surface area contributed by atoms with Crippen molar-refractivity contribution in [1.29, 1.82) is 5.26 Å². The first-order valence-electron chi connectivity index (χ1n) is 11.1.